The minimum absolute atomic E-state index is 0.0386. The van der Waals surface area contributed by atoms with E-state index >= 15 is 0 Å². The van der Waals surface area contributed by atoms with Crippen LogP contribution in [0.3, 0.4) is 0 Å². The zero-order chi connectivity index (χ0) is 26.5. The molecule has 1 aliphatic heterocycles. The number of likely N-dealkylation sites (tertiary alicyclic amines) is 1. The molecule has 198 valence electrons. The van der Waals surface area contributed by atoms with Gasteiger partial charge in [-0.1, -0.05) is 36.4 Å². The maximum Gasteiger partial charge on any atom is 0.257 e. The van der Waals surface area contributed by atoms with Crippen molar-refractivity contribution in [2.75, 3.05) is 34.4 Å². The Morgan fingerprint density at radius 1 is 0.947 bits per heavy atom. The standard InChI is InChI=1S/C31H34N2O4S/c1-32(21-26-19-23-7-4-5-10-29(23)38-26)20-22-11-13-24(14-12-22)37-25-15-17-33(18-16-25)31(34)27-8-6-9-28(35-2)30(27)36-3/h4-14,19,25H,15-18,20-21H2,1-3H3. The first-order valence-electron chi connectivity index (χ1n) is 13.0. The molecule has 0 N–H and O–H groups in total. The first kappa shape index (κ1) is 26.1. The molecule has 2 heterocycles. The predicted molar refractivity (Wildman–Crippen MR) is 153 cm³/mol. The lowest BCUT2D eigenvalue weighted by Gasteiger charge is -2.32. The van der Waals surface area contributed by atoms with Crippen molar-refractivity contribution in [3.8, 4) is 17.2 Å². The summed E-state index contributed by atoms with van der Waals surface area (Å²) >= 11 is 1.86. The number of piperidine rings is 1. The molecule has 0 atom stereocenters. The maximum atomic E-state index is 13.1. The largest absolute Gasteiger partial charge is 0.493 e. The topological polar surface area (TPSA) is 51.2 Å². The van der Waals surface area contributed by atoms with Gasteiger partial charge in [-0.15, -0.1) is 11.3 Å². The van der Waals surface area contributed by atoms with Gasteiger partial charge in [-0.2, -0.15) is 0 Å². The van der Waals surface area contributed by atoms with Crippen molar-refractivity contribution < 1.29 is 19.0 Å². The van der Waals surface area contributed by atoms with Crippen molar-refractivity contribution in [2.24, 2.45) is 0 Å². The summed E-state index contributed by atoms with van der Waals surface area (Å²) in [6.45, 7) is 3.09. The lowest BCUT2D eigenvalue weighted by atomic mass is 10.1. The fraction of sp³-hybridized carbons (Fsp3) is 0.323. The van der Waals surface area contributed by atoms with Crippen molar-refractivity contribution in [3.63, 3.8) is 0 Å². The van der Waals surface area contributed by atoms with E-state index < -0.39 is 0 Å². The molecule has 1 fully saturated rings. The molecule has 5 rings (SSSR count). The quantitative estimate of drug-likeness (QED) is 0.257. The molecule has 7 heteroatoms. The van der Waals surface area contributed by atoms with Gasteiger partial charge in [0.2, 0.25) is 0 Å². The Kier molecular flexibility index (Phi) is 8.15. The summed E-state index contributed by atoms with van der Waals surface area (Å²) in [6, 6.07) is 24.6. The number of para-hydroxylation sites is 1. The lowest BCUT2D eigenvalue weighted by Crippen LogP contribution is -2.41. The number of thiophene rings is 1. The smallest absolute Gasteiger partial charge is 0.257 e. The van der Waals surface area contributed by atoms with E-state index in [4.69, 9.17) is 14.2 Å². The van der Waals surface area contributed by atoms with Crippen LogP contribution in [-0.4, -0.2) is 56.2 Å². The van der Waals surface area contributed by atoms with Gasteiger partial charge in [0, 0.05) is 48.6 Å². The number of benzene rings is 3. The molecular weight excluding hydrogens is 496 g/mol. The molecule has 0 unspecified atom stereocenters. The van der Waals surface area contributed by atoms with E-state index in [0.717, 1.165) is 31.7 Å². The molecule has 1 aromatic heterocycles. The molecule has 6 nitrogen and oxygen atoms in total. The van der Waals surface area contributed by atoms with Crippen molar-refractivity contribution in [1.29, 1.82) is 0 Å². The third-order valence-electron chi connectivity index (χ3n) is 6.94. The zero-order valence-electron chi connectivity index (χ0n) is 22.2. The van der Waals surface area contributed by atoms with Crippen molar-refractivity contribution in [3.05, 3.63) is 88.8 Å². The number of fused-ring (bicyclic) bond motifs is 1. The number of carbonyl (C=O) groups excluding carboxylic acids is 1. The zero-order valence-corrected chi connectivity index (χ0v) is 23.0. The van der Waals surface area contributed by atoms with Crippen molar-refractivity contribution in [2.45, 2.75) is 32.0 Å². The van der Waals surface area contributed by atoms with Crippen molar-refractivity contribution in [1.82, 2.24) is 9.80 Å². The highest BCUT2D eigenvalue weighted by Gasteiger charge is 2.27. The molecule has 1 aliphatic rings. The van der Waals surface area contributed by atoms with Gasteiger partial charge in [0.05, 0.1) is 19.8 Å². The van der Waals surface area contributed by atoms with E-state index in [2.05, 4.69) is 66.5 Å². The maximum absolute atomic E-state index is 13.1. The second-order valence-corrected chi connectivity index (χ2v) is 10.9. The summed E-state index contributed by atoms with van der Waals surface area (Å²) in [7, 11) is 5.29. The third kappa shape index (κ3) is 5.95. The predicted octanol–water partition coefficient (Wildman–Crippen LogP) is 6.23. The molecular formula is C31H34N2O4S. The fourth-order valence-electron chi connectivity index (χ4n) is 5.02. The molecule has 0 saturated carbocycles. The average Bonchev–Trinajstić information content (AvgIpc) is 3.35. The second-order valence-electron chi connectivity index (χ2n) is 9.72. The minimum Gasteiger partial charge on any atom is -0.493 e. The highest BCUT2D eigenvalue weighted by atomic mass is 32.1. The highest BCUT2D eigenvalue weighted by molar-refractivity contribution is 7.19. The monoisotopic (exact) mass is 530 g/mol. The van der Waals surface area contributed by atoms with Gasteiger partial charge in [0.15, 0.2) is 11.5 Å². The van der Waals surface area contributed by atoms with Crippen LogP contribution in [0.2, 0.25) is 0 Å². The summed E-state index contributed by atoms with van der Waals surface area (Å²) in [6.07, 6.45) is 1.67. The van der Waals surface area contributed by atoms with Crippen LogP contribution in [0.25, 0.3) is 10.1 Å². The molecule has 0 radical (unpaired) electrons. The molecule has 0 spiro atoms. The minimum atomic E-state index is -0.0386. The summed E-state index contributed by atoms with van der Waals surface area (Å²) in [4.78, 5) is 18.7. The number of amides is 1. The molecule has 38 heavy (non-hydrogen) atoms. The van der Waals surface area contributed by atoms with Gasteiger partial charge < -0.3 is 19.1 Å². The van der Waals surface area contributed by atoms with Crippen LogP contribution in [-0.2, 0) is 13.1 Å². The van der Waals surface area contributed by atoms with Gasteiger partial charge in [-0.05, 0) is 54.4 Å². The van der Waals surface area contributed by atoms with Gasteiger partial charge >= 0.3 is 0 Å². The number of carbonyl (C=O) groups is 1. The highest BCUT2D eigenvalue weighted by Crippen LogP contribution is 2.32. The van der Waals surface area contributed by atoms with Gasteiger partial charge in [-0.3, -0.25) is 9.69 Å². The molecule has 4 aromatic rings. The lowest BCUT2D eigenvalue weighted by molar-refractivity contribution is 0.0592. The van der Waals surface area contributed by atoms with Crippen LogP contribution >= 0.6 is 11.3 Å². The number of rotatable bonds is 9. The number of methoxy groups -OCH3 is 2. The van der Waals surface area contributed by atoms with E-state index in [1.165, 1.54) is 20.5 Å². The molecule has 0 bridgehead atoms. The number of hydrogen-bond acceptors (Lipinski definition) is 6. The van der Waals surface area contributed by atoms with Crippen LogP contribution in [0.5, 0.6) is 17.2 Å². The molecule has 0 aliphatic carbocycles. The summed E-state index contributed by atoms with van der Waals surface area (Å²) in [5, 5.41) is 1.32. The number of nitrogens with zero attached hydrogens (tertiary/aromatic N) is 2. The first-order valence-corrected chi connectivity index (χ1v) is 13.8. The van der Waals surface area contributed by atoms with E-state index in [1.54, 1.807) is 26.4 Å². The van der Waals surface area contributed by atoms with E-state index in [1.807, 2.05) is 22.3 Å². The summed E-state index contributed by atoms with van der Waals surface area (Å²) < 4.78 is 18.4. The van der Waals surface area contributed by atoms with E-state index in [9.17, 15) is 4.79 Å². The van der Waals surface area contributed by atoms with Crippen LogP contribution in [0, 0.1) is 0 Å². The SMILES string of the molecule is COc1cccc(C(=O)N2CCC(Oc3ccc(CN(C)Cc4cc5ccccc5s4)cc3)CC2)c1OC. The number of hydrogen-bond donors (Lipinski definition) is 0. The van der Waals surface area contributed by atoms with Gasteiger partial charge in [-0.25, -0.2) is 0 Å². The molecule has 3 aromatic carbocycles. The Hall–Kier alpha value is -3.55. The van der Waals surface area contributed by atoms with Crippen LogP contribution in [0.15, 0.2) is 72.8 Å². The van der Waals surface area contributed by atoms with E-state index in [0.29, 0.717) is 30.2 Å². The van der Waals surface area contributed by atoms with Crippen LogP contribution < -0.4 is 14.2 Å². The first-order chi connectivity index (χ1) is 18.5. The van der Waals surface area contributed by atoms with Crippen LogP contribution in [0.1, 0.15) is 33.6 Å². The Labute approximate surface area is 228 Å². The normalized spacial score (nSPS) is 14.2. The Balaban J connectivity index is 1.11. The van der Waals surface area contributed by atoms with Gasteiger partial charge in [0.1, 0.15) is 11.9 Å². The van der Waals surface area contributed by atoms with Crippen LogP contribution in [0.4, 0.5) is 0 Å². The Bertz CT molecular complexity index is 1340. The Morgan fingerprint density at radius 2 is 1.71 bits per heavy atom. The number of ether oxygens (including phenoxy) is 3. The Morgan fingerprint density at radius 3 is 2.42 bits per heavy atom. The fourth-order valence-corrected chi connectivity index (χ4v) is 6.16. The summed E-state index contributed by atoms with van der Waals surface area (Å²) in [5.74, 6) is 1.88. The third-order valence-corrected chi connectivity index (χ3v) is 8.04. The second kappa shape index (κ2) is 11.9. The summed E-state index contributed by atoms with van der Waals surface area (Å²) in [5.41, 5.74) is 1.78. The van der Waals surface area contributed by atoms with Gasteiger partial charge in [0.25, 0.3) is 5.91 Å². The average molecular weight is 531 g/mol. The van der Waals surface area contributed by atoms with E-state index in [-0.39, 0.29) is 12.0 Å². The molecule has 1 saturated heterocycles. The van der Waals surface area contributed by atoms with Crippen molar-refractivity contribution >= 4 is 27.3 Å². The molecule has 1 amide bonds.